The van der Waals surface area contributed by atoms with Gasteiger partial charge in [-0.2, -0.15) is 0 Å². The molecule has 36 heavy (non-hydrogen) atoms. The number of fused-ring (bicyclic) bond motifs is 1. The van der Waals surface area contributed by atoms with Crippen molar-refractivity contribution in [1.29, 1.82) is 0 Å². The third-order valence-electron chi connectivity index (χ3n) is 7.85. The number of imidazole rings is 1. The third kappa shape index (κ3) is 4.39. The lowest BCUT2D eigenvalue weighted by Gasteiger charge is -2.42. The number of nitrogen functional groups attached to an aromatic ring is 1. The fourth-order valence-corrected chi connectivity index (χ4v) is 5.65. The van der Waals surface area contributed by atoms with Crippen molar-refractivity contribution in [3.8, 4) is 11.4 Å². The lowest BCUT2D eigenvalue weighted by molar-refractivity contribution is 0.0602. The van der Waals surface area contributed by atoms with Gasteiger partial charge in [0.2, 0.25) is 5.95 Å². The fourth-order valence-electron chi connectivity index (χ4n) is 5.65. The number of piperidine rings is 1. The second kappa shape index (κ2) is 9.87. The predicted octanol–water partition coefficient (Wildman–Crippen LogP) is 1.70. The molecule has 11 heteroatoms. The Balaban J connectivity index is 1.36. The average Bonchev–Trinajstić information content (AvgIpc) is 3.21. The van der Waals surface area contributed by atoms with Crippen LogP contribution < -0.4 is 10.6 Å². The maximum atomic E-state index is 5.81. The molecule has 11 nitrogen and oxygen atoms in total. The van der Waals surface area contributed by atoms with E-state index in [0.29, 0.717) is 19.0 Å². The van der Waals surface area contributed by atoms with E-state index >= 15 is 0 Å². The van der Waals surface area contributed by atoms with Crippen molar-refractivity contribution < 1.29 is 4.74 Å². The van der Waals surface area contributed by atoms with Gasteiger partial charge in [-0.3, -0.25) is 4.90 Å². The molecule has 6 rings (SSSR count). The molecule has 3 saturated heterocycles. The molecule has 3 aliphatic heterocycles. The molecule has 0 aromatic carbocycles. The fraction of sp³-hybridized carbons (Fsp3) is 0.640. The van der Waals surface area contributed by atoms with Crippen molar-refractivity contribution in [3.63, 3.8) is 0 Å². The van der Waals surface area contributed by atoms with Crippen molar-refractivity contribution in [2.24, 2.45) is 0 Å². The van der Waals surface area contributed by atoms with Crippen LogP contribution in [0.5, 0.6) is 0 Å². The Kier molecular flexibility index (Phi) is 6.44. The van der Waals surface area contributed by atoms with E-state index in [2.05, 4.69) is 36.2 Å². The van der Waals surface area contributed by atoms with Crippen LogP contribution in [0.4, 0.5) is 11.8 Å². The lowest BCUT2D eigenvalue weighted by Crippen LogP contribution is -2.50. The molecule has 6 heterocycles. The summed E-state index contributed by atoms with van der Waals surface area (Å²) in [6, 6.07) is 0.756. The summed E-state index contributed by atoms with van der Waals surface area (Å²) in [4.78, 5) is 31.2. The zero-order valence-corrected chi connectivity index (χ0v) is 21.4. The van der Waals surface area contributed by atoms with Gasteiger partial charge in [-0.05, 0) is 46.2 Å². The largest absolute Gasteiger partial charge is 0.378 e. The van der Waals surface area contributed by atoms with E-state index in [-0.39, 0.29) is 5.95 Å². The molecule has 2 N–H and O–H groups in total. The van der Waals surface area contributed by atoms with Crippen LogP contribution in [-0.2, 0) is 17.8 Å². The zero-order valence-electron chi connectivity index (χ0n) is 21.4. The normalized spacial score (nSPS) is 20.2. The summed E-state index contributed by atoms with van der Waals surface area (Å²) in [6.07, 6.45) is 5.56. The molecule has 3 aliphatic rings. The standard InChI is InChI=1S/C25H36N10O/c1-3-35-20(16-32-9-5-18(6-10-32)33-7-4-8-33)29-21-23(34-11-13-36-14-12-34)30-22(31-24(21)35)19-15-27-25(26)28-17(19)2/h15,18H,3-14,16H2,1-2H3,(H2,26,27,28). The second-order valence-electron chi connectivity index (χ2n) is 10.0. The highest BCUT2D eigenvalue weighted by Crippen LogP contribution is 2.30. The van der Waals surface area contributed by atoms with Crippen LogP contribution >= 0.6 is 0 Å². The van der Waals surface area contributed by atoms with Crippen molar-refractivity contribution in [2.75, 3.05) is 63.1 Å². The summed E-state index contributed by atoms with van der Waals surface area (Å²) >= 11 is 0. The van der Waals surface area contributed by atoms with E-state index in [1.807, 2.05) is 6.92 Å². The smallest absolute Gasteiger partial charge is 0.220 e. The molecule has 3 fully saturated rings. The van der Waals surface area contributed by atoms with Gasteiger partial charge in [0, 0.05) is 45.0 Å². The third-order valence-corrected chi connectivity index (χ3v) is 7.85. The summed E-state index contributed by atoms with van der Waals surface area (Å²) in [7, 11) is 0. The Morgan fingerprint density at radius 1 is 1.00 bits per heavy atom. The number of hydrogen-bond donors (Lipinski definition) is 1. The minimum absolute atomic E-state index is 0.254. The molecule has 3 aromatic heterocycles. The SMILES string of the molecule is CCn1c(CN2CCC(N3CCC3)CC2)nc2c(N3CCOCC3)nc(-c3cnc(N)nc3C)nc21. The first-order chi connectivity index (χ1) is 17.6. The first-order valence-corrected chi connectivity index (χ1v) is 13.3. The van der Waals surface area contributed by atoms with Crippen LogP contribution in [0.15, 0.2) is 6.20 Å². The Morgan fingerprint density at radius 2 is 1.78 bits per heavy atom. The second-order valence-corrected chi connectivity index (χ2v) is 10.0. The highest BCUT2D eigenvalue weighted by molar-refractivity contribution is 5.86. The van der Waals surface area contributed by atoms with Crippen LogP contribution in [0.25, 0.3) is 22.6 Å². The Hall–Kier alpha value is -2.89. The van der Waals surface area contributed by atoms with Gasteiger partial charge in [0.05, 0.1) is 31.0 Å². The molecular formula is C25H36N10O. The summed E-state index contributed by atoms with van der Waals surface area (Å²) in [5, 5.41) is 0. The first kappa shape index (κ1) is 23.5. The van der Waals surface area contributed by atoms with E-state index in [0.717, 1.165) is 79.4 Å². The van der Waals surface area contributed by atoms with Crippen molar-refractivity contribution in [3.05, 3.63) is 17.7 Å². The maximum Gasteiger partial charge on any atom is 0.220 e. The molecule has 0 amide bonds. The Labute approximate surface area is 211 Å². The summed E-state index contributed by atoms with van der Waals surface area (Å²) < 4.78 is 7.86. The van der Waals surface area contributed by atoms with E-state index in [1.54, 1.807) is 6.20 Å². The number of nitrogens with zero attached hydrogens (tertiary/aromatic N) is 9. The van der Waals surface area contributed by atoms with Gasteiger partial charge in [0.15, 0.2) is 22.8 Å². The number of aromatic nitrogens is 6. The molecule has 0 radical (unpaired) electrons. The summed E-state index contributed by atoms with van der Waals surface area (Å²) in [6.45, 7) is 13.4. The van der Waals surface area contributed by atoms with Crippen molar-refractivity contribution in [2.45, 2.75) is 52.2 Å². The van der Waals surface area contributed by atoms with Crippen molar-refractivity contribution in [1.82, 2.24) is 39.3 Å². The van der Waals surface area contributed by atoms with Gasteiger partial charge in [0.1, 0.15) is 5.82 Å². The molecule has 192 valence electrons. The number of likely N-dealkylation sites (tertiary alicyclic amines) is 2. The van der Waals surface area contributed by atoms with Crippen molar-refractivity contribution >= 4 is 22.9 Å². The van der Waals surface area contributed by atoms with E-state index < -0.39 is 0 Å². The average molecular weight is 493 g/mol. The Morgan fingerprint density at radius 3 is 2.44 bits per heavy atom. The van der Waals surface area contributed by atoms with Crippen LogP contribution in [0.1, 0.15) is 37.7 Å². The molecule has 0 spiro atoms. The van der Waals surface area contributed by atoms with Gasteiger partial charge in [-0.1, -0.05) is 0 Å². The number of hydrogen-bond acceptors (Lipinski definition) is 10. The maximum absolute atomic E-state index is 5.81. The van der Waals surface area contributed by atoms with Gasteiger partial charge >= 0.3 is 0 Å². The molecular weight excluding hydrogens is 456 g/mol. The molecule has 0 unspecified atom stereocenters. The zero-order chi connectivity index (χ0) is 24.6. The van der Waals surface area contributed by atoms with Gasteiger partial charge < -0.3 is 24.8 Å². The minimum atomic E-state index is 0.254. The van der Waals surface area contributed by atoms with Gasteiger partial charge in [0.25, 0.3) is 0 Å². The topological polar surface area (TPSA) is 114 Å². The predicted molar refractivity (Wildman–Crippen MR) is 139 cm³/mol. The summed E-state index contributed by atoms with van der Waals surface area (Å²) in [5.74, 6) is 2.78. The van der Waals surface area contributed by atoms with E-state index in [9.17, 15) is 0 Å². The van der Waals surface area contributed by atoms with Gasteiger partial charge in [-0.25, -0.2) is 24.9 Å². The Bertz CT molecular complexity index is 1230. The molecule has 0 saturated carbocycles. The molecule has 0 aliphatic carbocycles. The van der Waals surface area contributed by atoms with E-state index in [4.69, 9.17) is 25.4 Å². The van der Waals surface area contributed by atoms with Crippen LogP contribution in [0.3, 0.4) is 0 Å². The number of anilines is 2. The van der Waals surface area contributed by atoms with Crippen LogP contribution in [0.2, 0.25) is 0 Å². The number of nitrogens with two attached hydrogens (primary N) is 1. The van der Waals surface area contributed by atoms with E-state index in [1.165, 1.54) is 32.4 Å². The molecule has 0 bridgehead atoms. The highest BCUT2D eigenvalue weighted by Gasteiger charge is 2.29. The number of rotatable bonds is 6. The number of ether oxygens (including phenoxy) is 1. The van der Waals surface area contributed by atoms with Crippen LogP contribution in [0, 0.1) is 6.92 Å². The molecule has 0 atom stereocenters. The molecule has 3 aromatic rings. The number of aryl methyl sites for hydroxylation is 2. The first-order valence-electron chi connectivity index (χ1n) is 13.3. The lowest BCUT2D eigenvalue weighted by atomic mass is 10.00. The quantitative estimate of drug-likeness (QED) is 0.545. The minimum Gasteiger partial charge on any atom is -0.378 e. The van der Waals surface area contributed by atoms with Crippen LogP contribution in [-0.4, -0.2) is 97.8 Å². The highest BCUT2D eigenvalue weighted by atomic mass is 16.5. The van der Waals surface area contributed by atoms with Gasteiger partial charge in [-0.15, -0.1) is 0 Å². The summed E-state index contributed by atoms with van der Waals surface area (Å²) in [5.41, 5.74) is 9.10. The number of morpholine rings is 1. The monoisotopic (exact) mass is 492 g/mol.